The van der Waals surface area contributed by atoms with Gasteiger partial charge in [0.2, 0.25) is 0 Å². The van der Waals surface area contributed by atoms with Gasteiger partial charge in [0, 0.05) is 11.6 Å². The van der Waals surface area contributed by atoms with E-state index in [1.165, 1.54) is 19.3 Å². The first-order valence-electron chi connectivity index (χ1n) is 6.87. The normalized spacial score (nSPS) is 21.5. The zero-order valence-electron chi connectivity index (χ0n) is 11.8. The molecule has 0 heterocycles. The lowest BCUT2D eigenvalue weighted by molar-refractivity contribution is 0.216. The van der Waals surface area contributed by atoms with Crippen LogP contribution in [0.5, 0.6) is 0 Å². The third-order valence-corrected chi connectivity index (χ3v) is 5.18. The number of thiocarbonyl (C=S) groups is 1. The molecule has 0 amide bonds. The van der Waals surface area contributed by atoms with Gasteiger partial charge in [-0.2, -0.15) is 0 Å². The molecule has 2 rings (SSSR count). The molecule has 0 bridgehead atoms. The molecule has 1 fully saturated rings. The first-order chi connectivity index (χ1) is 9.33. The monoisotopic (exact) mass is 358 g/mol. The molecule has 5 heteroatoms. The zero-order valence-corrected chi connectivity index (χ0v) is 14.2. The molecule has 3 N–H and O–H groups in total. The van der Waals surface area contributed by atoms with Crippen molar-refractivity contribution in [1.29, 1.82) is 0 Å². The minimum atomic E-state index is -0.323. The fraction of sp³-hybridized carbons (Fsp3) is 0.533. The smallest absolute Gasteiger partial charge is 0.161 e. The predicted octanol–water partition coefficient (Wildman–Crippen LogP) is 4.60. The Morgan fingerprint density at radius 1 is 1.45 bits per heavy atom. The fourth-order valence-electron chi connectivity index (χ4n) is 2.80. The minimum absolute atomic E-state index is 0.180. The highest BCUT2D eigenvalue weighted by atomic mass is 79.9. The van der Waals surface area contributed by atoms with Crippen molar-refractivity contribution >= 4 is 38.8 Å². The van der Waals surface area contributed by atoms with Crippen LogP contribution in [-0.4, -0.2) is 11.0 Å². The molecule has 20 heavy (non-hydrogen) atoms. The van der Waals surface area contributed by atoms with Crippen LogP contribution in [0.1, 0.15) is 45.1 Å². The summed E-state index contributed by atoms with van der Waals surface area (Å²) in [6, 6.07) is 3.76. The van der Waals surface area contributed by atoms with Crippen molar-refractivity contribution in [3.8, 4) is 0 Å². The van der Waals surface area contributed by atoms with Gasteiger partial charge in [0.05, 0.1) is 10.2 Å². The fourth-order valence-corrected chi connectivity index (χ4v) is 3.66. The Morgan fingerprint density at radius 2 is 2.15 bits per heavy atom. The summed E-state index contributed by atoms with van der Waals surface area (Å²) in [5.41, 5.74) is 6.80. The van der Waals surface area contributed by atoms with Crippen LogP contribution in [0.4, 0.5) is 10.1 Å². The van der Waals surface area contributed by atoms with Gasteiger partial charge in [0.25, 0.3) is 0 Å². The van der Waals surface area contributed by atoms with Gasteiger partial charge in [-0.25, -0.2) is 4.39 Å². The average molecular weight is 359 g/mol. The van der Waals surface area contributed by atoms with E-state index in [-0.39, 0.29) is 22.3 Å². The highest BCUT2D eigenvalue weighted by molar-refractivity contribution is 9.10. The van der Waals surface area contributed by atoms with Gasteiger partial charge in [-0.1, -0.05) is 38.9 Å². The van der Waals surface area contributed by atoms with Gasteiger partial charge in [0.1, 0.15) is 4.99 Å². The first kappa shape index (κ1) is 15.7. The summed E-state index contributed by atoms with van der Waals surface area (Å²) in [6.07, 6.45) is 4.67. The van der Waals surface area contributed by atoms with E-state index in [4.69, 9.17) is 18.0 Å². The van der Waals surface area contributed by atoms with Gasteiger partial charge in [0.15, 0.2) is 5.82 Å². The molecule has 110 valence electrons. The molecule has 1 atom stereocenters. The highest BCUT2D eigenvalue weighted by Gasteiger charge is 2.32. The summed E-state index contributed by atoms with van der Waals surface area (Å²) >= 11 is 8.15. The van der Waals surface area contributed by atoms with E-state index in [1.807, 2.05) is 0 Å². The molecule has 1 aliphatic rings. The van der Waals surface area contributed by atoms with Crippen LogP contribution in [0.2, 0.25) is 0 Å². The topological polar surface area (TPSA) is 38.0 Å². The van der Waals surface area contributed by atoms with E-state index < -0.39 is 0 Å². The van der Waals surface area contributed by atoms with E-state index in [0.717, 1.165) is 6.42 Å². The summed E-state index contributed by atoms with van der Waals surface area (Å²) in [5, 5.41) is 3.36. The van der Waals surface area contributed by atoms with E-state index >= 15 is 0 Å². The SMILES string of the molecule is CC1(C)CCCCC1Nc1ccc(C(N)=S)c(Br)c1F. The number of rotatable bonds is 3. The Kier molecular flexibility index (Phi) is 4.69. The molecule has 0 aromatic heterocycles. The summed E-state index contributed by atoms with van der Waals surface area (Å²) in [6.45, 7) is 4.47. The van der Waals surface area contributed by atoms with Crippen molar-refractivity contribution in [3.05, 3.63) is 28.0 Å². The van der Waals surface area contributed by atoms with Gasteiger partial charge >= 0.3 is 0 Å². The Labute approximate surface area is 133 Å². The molecule has 0 spiro atoms. The molecule has 1 aromatic carbocycles. The second-order valence-electron chi connectivity index (χ2n) is 6.08. The van der Waals surface area contributed by atoms with Crippen LogP contribution < -0.4 is 11.1 Å². The van der Waals surface area contributed by atoms with Crippen LogP contribution in [0.25, 0.3) is 0 Å². The lowest BCUT2D eigenvalue weighted by atomic mass is 9.73. The molecule has 0 radical (unpaired) electrons. The molecule has 1 saturated carbocycles. The van der Waals surface area contributed by atoms with Crippen molar-refractivity contribution in [2.45, 2.75) is 45.6 Å². The van der Waals surface area contributed by atoms with Crippen molar-refractivity contribution in [1.82, 2.24) is 0 Å². The Bertz CT molecular complexity index is 531. The van der Waals surface area contributed by atoms with Crippen molar-refractivity contribution in [3.63, 3.8) is 0 Å². The zero-order chi connectivity index (χ0) is 14.9. The van der Waals surface area contributed by atoms with Crippen LogP contribution in [-0.2, 0) is 0 Å². The molecule has 1 aliphatic carbocycles. The first-order valence-corrected chi connectivity index (χ1v) is 8.07. The minimum Gasteiger partial charge on any atom is -0.389 e. The quantitative estimate of drug-likeness (QED) is 0.775. The number of nitrogens with one attached hydrogen (secondary N) is 1. The van der Waals surface area contributed by atoms with Gasteiger partial charge < -0.3 is 11.1 Å². The van der Waals surface area contributed by atoms with Gasteiger partial charge in [-0.15, -0.1) is 0 Å². The summed E-state index contributed by atoms with van der Waals surface area (Å²) < 4.78 is 14.7. The lowest BCUT2D eigenvalue weighted by Gasteiger charge is -2.39. The summed E-state index contributed by atoms with van der Waals surface area (Å²) in [7, 11) is 0. The molecule has 1 aromatic rings. The molecule has 2 nitrogen and oxygen atoms in total. The standard InChI is InChI=1S/C15H20BrFN2S/c1-15(2)8-4-3-5-11(15)19-10-7-6-9(14(18)20)12(16)13(10)17/h6-7,11,19H,3-5,8H2,1-2H3,(H2,18,20). The summed E-state index contributed by atoms with van der Waals surface area (Å²) in [5.74, 6) is -0.323. The Balaban J connectivity index is 2.26. The number of anilines is 1. The molecule has 0 aliphatic heterocycles. The summed E-state index contributed by atoms with van der Waals surface area (Å²) in [4.78, 5) is 0.195. The van der Waals surface area contributed by atoms with Crippen LogP contribution in [0, 0.1) is 11.2 Å². The Morgan fingerprint density at radius 3 is 2.75 bits per heavy atom. The predicted molar refractivity (Wildman–Crippen MR) is 89.6 cm³/mol. The second-order valence-corrected chi connectivity index (χ2v) is 7.32. The van der Waals surface area contributed by atoms with E-state index in [0.29, 0.717) is 15.7 Å². The van der Waals surface area contributed by atoms with E-state index in [1.54, 1.807) is 12.1 Å². The maximum Gasteiger partial charge on any atom is 0.161 e. The second kappa shape index (κ2) is 5.98. The molecular weight excluding hydrogens is 339 g/mol. The van der Waals surface area contributed by atoms with Gasteiger partial charge in [-0.3, -0.25) is 0 Å². The largest absolute Gasteiger partial charge is 0.389 e. The number of halogens is 2. The van der Waals surface area contributed by atoms with Crippen LogP contribution >= 0.6 is 28.1 Å². The molecule has 1 unspecified atom stereocenters. The number of benzene rings is 1. The van der Waals surface area contributed by atoms with E-state index in [9.17, 15) is 4.39 Å². The highest BCUT2D eigenvalue weighted by Crippen LogP contribution is 2.38. The molecule has 0 saturated heterocycles. The number of hydrogen-bond donors (Lipinski definition) is 2. The third-order valence-electron chi connectivity index (χ3n) is 4.18. The molecular formula is C15H20BrFN2S. The third kappa shape index (κ3) is 3.14. The maximum absolute atomic E-state index is 14.4. The maximum atomic E-state index is 14.4. The van der Waals surface area contributed by atoms with Crippen molar-refractivity contribution in [2.75, 3.05) is 5.32 Å². The van der Waals surface area contributed by atoms with Crippen LogP contribution in [0.3, 0.4) is 0 Å². The van der Waals surface area contributed by atoms with Crippen molar-refractivity contribution in [2.24, 2.45) is 11.1 Å². The number of nitrogens with two attached hydrogens (primary N) is 1. The number of hydrogen-bond acceptors (Lipinski definition) is 2. The van der Waals surface area contributed by atoms with Crippen LogP contribution in [0.15, 0.2) is 16.6 Å². The van der Waals surface area contributed by atoms with Crippen molar-refractivity contribution < 1.29 is 4.39 Å². The lowest BCUT2D eigenvalue weighted by Crippen LogP contribution is -2.39. The Hall–Kier alpha value is -0.680. The van der Waals surface area contributed by atoms with E-state index in [2.05, 4.69) is 35.1 Å². The van der Waals surface area contributed by atoms with Gasteiger partial charge in [-0.05, 0) is 46.3 Å². The average Bonchev–Trinajstić information content (AvgIpc) is 2.36.